The number of fused-ring (bicyclic) bond motifs is 3. The van der Waals surface area contributed by atoms with E-state index in [0.717, 1.165) is 44.4 Å². The van der Waals surface area contributed by atoms with Gasteiger partial charge >= 0.3 is 0 Å². The van der Waals surface area contributed by atoms with Gasteiger partial charge in [-0.25, -0.2) is 0 Å². The summed E-state index contributed by atoms with van der Waals surface area (Å²) in [7, 11) is 3.66. The number of ether oxygens (including phenoxy) is 1. The summed E-state index contributed by atoms with van der Waals surface area (Å²) in [5.41, 5.74) is 4.18. The normalized spacial score (nSPS) is 12.6. The average Bonchev–Trinajstić information content (AvgIpc) is 3.18. The minimum atomic E-state index is -0.0418. The van der Waals surface area contributed by atoms with Crippen LogP contribution in [0.15, 0.2) is 52.6 Å². The number of nitrogens with one attached hydrogen (secondary N) is 2. The molecule has 4 nitrogen and oxygen atoms in total. The summed E-state index contributed by atoms with van der Waals surface area (Å²) in [4.78, 5) is 15.4. The van der Waals surface area contributed by atoms with Gasteiger partial charge in [-0.05, 0) is 47.7 Å². The summed E-state index contributed by atoms with van der Waals surface area (Å²) in [5.74, 6) is 1.25. The zero-order valence-electron chi connectivity index (χ0n) is 15.6. The van der Waals surface area contributed by atoms with Crippen LogP contribution in [0.2, 0.25) is 0 Å². The molecule has 0 fully saturated rings. The van der Waals surface area contributed by atoms with Gasteiger partial charge < -0.3 is 15.0 Å². The lowest BCUT2D eigenvalue weighted by molar-refractivity contribution is 0.417. The summed E-state index contributed by atoms with van der Waals surface area (Å²) < 4.78 is 6.43. The van der Waals surface area contributed by atoms with Crippen LogP contribution in [-0.4, -0.2) is 25.7 Å². The molecule has 0 saturated heterocycles. The van der Waals surface area contributed by atoms with E-state index in [2.05, 4.69) is 41.5 Å². The van der Waals surface area contributed by atoms with Gasteiger partial charge in [-0.1, -0.05) is 31.2 Å². The Bertz CT molecular complexity index is 1160. The predicted octanol–water partition coefficient (Wildman–Crippen LogP) is 4.74. The Labute approximate surface area is 161 Å². The molecule has 0 amide bonds. The summed E-state index contributed by atoms with van der Waals surface area (Å²) >= 11 is 1.47. The highest BCUT2D eigenvalue weighted by Crippen LogP contribution is 2.40. The third-order valence-corrected chi connectivity index (χ3v) is 5.97. The number of likely N-dealkylation sites (N-methyl/N-ethyl adjacent to an activating group) is 1. The number of pyridine rings is 1. The summed E-state index contributed by atoms with van der Waals surface area (Å²) in [5, 5.41) is 7.19. The Morgan fingerprint density at radius 2 is 1.93 bits per heavy atom. The second kappa shape index (κ2) is 7.18. The van der Waals surface area contributed by atoms with E-state index in [9.17, 15) is 4.79 Å². The molecule has 138 valence electrons. The van der Waals surface area contributed by atoms with Gasteiger partial charge in [0.15, 0.2) is 0 Å². The van der Waals surface area contributed by atoms with E-state index < -0.39 is 0 Å². The van der Waals surface area contributed by atoms with Crippen molar-refractivity contribution in [1.29, 1.82) is 0 Å². The summed E-state index contributed by atoms with van der Waals surface area (Å²) in [6.45, 7) is 3.15. The van der Waals surface area contributed by atoms with Crippen LogP contribution in [0.3, 0.4) is 0 Å². The lowest BCUT2D eigenvalue weighted by Crippen LogP contribution is -2.14. The molecule has 0 radical (unpaired) electrons. The van der Waals surface area contributed by atoms with Crippen LogP contribution in [0, 0.1) is 0 Å². The minimum Gasteiger partial charge on any atom is -0.496 e. The number of aromatic amines is 1. The summed E-state index contributed by atoms with van der Waals surface area (Å²) in [6, 6.07) is 14.5. The molecule has 0 saturated carbocycles. The van der Waals surface area contributed by atoms with Crippen molar-refractivity contribution in [3.05, 3.63) is 63.8 Å². The van der Waals surface area contributed by atoms with Crippen molar-refractivity contribution in [1.82, 2.24) is 10.3 Å². The van der Waals surface area contributed by atoms with E-state index in [4.69, 9.17) is 4.74 Å². The van der Waals surface area contributed by atoms with Crippen molar-refractivity contribution in [3.8, 4) is 16.9 Å². The van der Waals surface area contributed by atoms with Gasteiger partial charge in [0.05, 0.1) is 7.11 Å². The number of thiophene rings is 1. The van der Waals surface area contributed by atoms with Gasteiger partial charge in [-0.15, -0.1) is 11.3 Å². The van der Waals surface area contributed by atoms with Crippen LogP contribution in [0.25, 0.3) is 32.1 Å². The molecule has 4 aromatic rings. The standard InChI is InChI=1S/C22H22N2O2S/c1-13(12-23-2)14-4-6-15(7-5-14)19-18(26-3)9-8-17-20(19)16-10-11-27-21(16)22(25)24-17/h4-11,13,23H,12H2,1-3H3,(H,24,25). The largest absolute Gasteiger partial charge is 0.496 e. The van der Waals surface area contributed by atoms with Gasteiger partial charge in [0.1, 0.15) is 10.4 Å². The number of benzene rings is 2. The Morgan fingerprint density at radius 1 is 1.15 bits per heavy atom. The Morgan fingerprint density at radius 3 is 2.63 bits per heavy atom. The number of methoxy groups -OCH3 is 1. The van der Waals surface area contributed by atoms with Crippen LogP contribution >= 0.6 is 11.3 Å². The van der Waals surface area contributed by atoms with Crippen LogP contribution in [-0.2, 0) is 0 Å². The Hall–Kier alpha value is -2.63. The maximum absolute atomic E-state index is 12.4. The van der Waals surface area contributed by atoms with Crippen LogP contribution in [0.1, 0.15) is 18.4 Å². The van der Waals surface area contributed by atoms with Crippen molar-refractivity contribution < 1.29 is 4.74 Å². The first-order valence-electron chi connectivity index (χ1n) is 8.99. The van der Waals surface area contributed by atoms with Crippen molar-refractivity contribution in [2.75, 3.05) is 20.7 Å². The monoisotopic (exact) mass is 378 g/mol. The molecule has 4 rings (SSSR count). The third-order valence-electron chi connectivity index (χ3n) is 5.05. The van der Waals surface area contributed by atoms with Crippen LogP contribution < -0.4 is 15.6 Å². The lowest BCUT2D eigenvalue weighted by Gasteiger charge is -2.15. The van der Waals surface area contributed by atoms with E-state index in [1.165, 1.54) is 16.9 Å². The fourth-order valence-corrected chi connectivity index (χ4v) is 4.48. The highest BCUT2D eigenvalue weighted by molar-refractivity contribution is 7.17. The van der Waals surface area contributed by atoms with Gasteiger partial charge in [0.25, 0.3) is 5.56 Å². The van der Waals surface area contributed by atoms with Crippen LogP contribution in [0.4, 0.5) is 0 Å². The number of aromatic nitrogens is 1. The SMILES string of the molecule is CNCC(C)c1ccc(-c2c(OC)ccc3[nH]c(=O)c4sccc4c23)cc1. The first-order chi connectivity index (χ1) is 13.1. The molecular weight excluding hydrogens is 356 g/mol. The molecule has 0 spiro atoms. The van der Waals surface area contributed by atoms with E-state index in [0.29, 0.717) is 5.92 Å². The maximum atomic E-state index is 12.4. The molecule has 27 heavy (non-hydrogen) atoms. The van der Waals surface area contributed by atoms with Crippen molar-refractivity contribution >= 4 is 32.3 Å². The minimum absolute atomic E-state index is 0.0418. The molecular formula is C22H22N2O2S. The zero-order valence-corrected chi connectivity index (χ0v) is 16.4. The molecule has 2 heterocycles. The molecule has 1 unspecified atom stereocenters. The van der Waals surface area contributed by atoms with Gasteiger partial charge in [0, 0.05) is 28.4 Å². The molecule has 0 aliphatic heterocycles. The first-order valence-corrected chi connectivity index (χ1v) is 9.87. The number of hydrogen-bond acceptors (Lipinski definition) is 4. The van der Waals surface area contributed by atoms with Crippen LogP contribution in [0.5, 0.6) is 5.75 Å². The predicted molar refractivity (Wildman–Crippen MR) is 114 cm³/mol. The molecule has 1 atom stereocenters. The Balaban J connectivity index is 1.97. The van der Waals surface area contributed by atoms with Gasteiger partial charge in [-0.3, -0.25) is 4.79 Å². The summed E-state index contributed by atoms with van der Waals surface area (Å²) in [6.07, 6.45) is 0. The first kappa shape index (κ1) is 17.8. The molecule has 2 aromatic heterocycles. The fourth-order valence-electron chi connectivity index (χ4n) is 3.69. The maximum Gasteiger partial charge on any atom is 0.266 e. The third kappa shape index (κ3) is 3.03. The quantitative estimate of drug-likeness (QED) is 0.527. The van der Waals surface area contributed by atoms with Crippen molar-refractivity contribution in [3.63, 3.8) is 0 Å². The second-order valence-electron chi connectivity index (χ2n) is 6.76. The smallest absolute Gasteiger partial charge is 0.266 e. The van der Waals surface area contributed by atoms with E-state index in [1.807, 2.05) is 30.6 Å². The Kier molecular flexibility index (Phi) is 4.72. The molecule has 0 aliphatic rings. The zero-order chi connectivity index (χ0) is 19.0. The number of H-pyrrole nitrogens is 1. The van der Waals surface area contributed by atoms with Gasteiger partial charge in [-0.2, -0.15) is 0 Å². The average molecular weight is 378 g/mol. The van der Waals surface area contributed by atoms with Crippen molar-refractivity contribution in [2.45, 2.75) is 12.8 Å². The second-order valence-corrected chi connectivity index (χ2v) is 7.68. The molecule has 0 aliphatic carbocycles. The highest BCUT2D eigenvalue weighted by atomic mass is 32.1. The van der Waals surface area contributed by atoms with E-state index >= 15 is 0 Å². The van der Waals surface area contributed by atoms with Gasteiger partial charge in [0.2, 0.25) is 0 Å². The highest BCUT2D eigenvalue weighted by Gasteiger charge is 2.16. The molecule has 5 heteroatoms. The molecule has 2 aromatic carbocycles. The van der Waals surface area contributed by atoms with Crippen molar-refractivity contribution in [2.24, 2.45) is 0 Å². The lowest BCUT2D eigenvalue weighted by atomic mass is 9.94. The molecule has 2 N–H and O–H groups in total. The number of rotatable bonds is 5. The topological polar surface area (TPSA) is 54.1 Å². The van der Waals surface area contributed by atoms with E-state index in [1.54, 1.807) is 7.11 Å². The molecule has 0 bridgehead atoms. The number of hydrogen-bond donors (Lipinski definition) is 2. The van der Waals surface area contributed by atoms with E-state index in [-0.39, 0.29) is 5.56 Å². The fraction of sp³-hybridized carbons (Fsp3) is 0.227.